The zero-order valence-electron chi connectivity index (χ0n) is 8.79. The first-order valence-electron chi connectivity index (χ1n) is 5.14. The normalized spacial score (nSPS) is 10.4. The summed E-state index contributed by atoms with van der Waals surface area (Å²) in [4.78, 5) is 0. The monoisotopic (exact) mass is 434 g/mol. The number of rotatable bonds is 3. The average Bonchev–Trinajstić information content (AvgIpc) is 2.39. The van der Waals surface area contributed by atoms with Gasteiger partial charge in [-0.3, -0.25) is 0 Å². The van der Waals surface area contributed by atoms with E-state index in [4.69, 9.17) is 0 Å². The lowest BCUT2D eigenvalue weighted by molar-refractivity contribution is 1.42. The molecule has 0 aromatic heterocycles. The molecule has 82 valence electrons. The molecule has 2 rings (SSSR count). The summed E-state index contributed by atoms with van der Waals surface area (Å²) in [6.45, 7) is 0. The van der Waals surface area contributed by atoms with Crippen molar-refractivity contribution >= 4 is 45.2 Å². The lowest BCUT2D eigenvalue weighted by Crippen LogP contribution is -1.86. The van der Waals surface area contributed by atoms with Crippen LogP contribution in [0.5, 0.6) is 0 Å². The standard InChI is InChI=1S/C14H12I2/c15-9-11-5-7-12(8-6-11)14-4-2-1-3-13(14)10-16/h1-8H,9-10H2. The van der Waals surface area contributed by atoms with Crippen molar-refractivity contribution in [1.82, 2.24) is 0 Å². The minimum Gasteiger partial charge on any atom is -0.0812 e. The van der Waals surface area contributed by atoms with E-state index in [2.05, 4.69) is 93.7 Å². The highest BCUT2D eigenvalue weighted by molar-refractivity contribution is 14.1. The lowest BCUT2D eigenvalue weighted by atomic mass is 10.00. The minimum atomic E-state index is 1.06. The summed E-state index contributed by atoms with van der Waals surface area (Å²) in [5.74, 6) is 0. The molecule has 0 aliphatic carbocycles. The Morgan fingerprint density at radius 3 is 2.06 bits per heavy atom. The van der Waals surface area contributed by atoms with Gasteiger partial charge in [-0.1, -0.05) is 93.7 Å². The van der Waals surface area contributed by atoms with Crippen molar-refractivity contribution < 1.29 is 0 Å². The summed E-state index contributed by atoms with van der Waals surface area (Å²) in [6, 6.07) is 17.5. The summed E-state index contributed by atoms with van der Waals surface area (Å²) in [7, 11) is 0. The number of hydrogen-bond acceptors (Lipinski definition) is 0. The molecule has 0 saturated heterocycles. The van der Waals surface area contributed by atoms with Gasteiger partial charge in [-0.2, -0.15) is 0 Å². The van der Waals surface area contributed by atoms with E-state index < -0.39 is 0 Å². The van der Waals surface area contributed by atoms with Crippen LogP contribution >= 0.6 is 45.2 Å². The Morgan fingerprint density at radius 2 is 1.44 bits per heavy atom. The molecular formula is C14H12I2. The summed E-state index contributed by atoms with van der Waals surface area (Å²) in [6.07, 6.45) is 0. The first-order valence-corrected chi connectivity index (χ1v) is 8.19. The molecule has 0 saturated carbocycles. The molecule has 0 radical (unpaired) electrons. The number of hydrogen-bond donors (Lipinski definition) is 0. The fourth-order valence-corrected chi connectivity index (χ4v) is 2.87. The van der Waals surface area contributed by atoms with E-state index >= 15 is 0 Å². The fourth-order valence-electron chi connectivity index (χ4n) is 1.69. The third-order valence-corrected chi connectivity index (χ3v) is 4.28. The van der Waals surface area contributed by atoms with E-state index in [1.54, 1.807) is 0 Å². The van der Waals surface area contributed by atoms with Gasteiger partial charge < -0.3 is 0 Å². The molecule has 2 aromatic rings. The molecule has 0 N–H and O–H groups in total. The largest absolute Gasteiger partial charge is 0.0812 e. The average molecular weight is 434 g/mol. The lowest BCUT2D eigenvalue weighted by Gasteiger charge is -2.07. The Bertz CT molecular complexity index is 460. The molecule has 0 unspecified atom stereocenters. The second-order valence-corrected chi connectivity index (χ2v) is 5.15. The van der Waals surface area contributed by atoms with Crippen LogP contribution < -0.4 is 0 Å². The summed E-state index contributed by atoms with van der Waals surface area (Å²) >= 11 is 4.81. The van der Waals surface area contributed by atoms with E-state index in [0.29, 0.717) is 0 Å². The summed E-state index contributed by atoms with van der Waals surface area (Å²) in [5.41, 5.74) is 5.47. The third kappa shape index (κ3) is 2.77. The van der Waals surface area contributed by atoms with Crippen LogP contribution in [0.3, 0.4) is 0 Å². The third-order valence-electron chi connectivity index (χ3n) is 2.58. The Kier molecular flexibility index (Phi) is 4.64. The topological polar surface area (TPSA) is 0 Å². The maximum Gasteiger partial charge on any atom is 0.0253 e. The Labute approximate surface area is 124 Å². The van der Waals surface area contributed by atoms with Crippen LogP contribution in [-0.2, 0) is 8.86 Å². The highest BCUT2D eigenvalue weighted by Crippen LogP contribution is 2.26. The van der Waals surface area contributed by atoms with Crippen LogP contribution in [0.25, 0.3) is 11.1 Å². The molecule has 0 heterocycles. The predicted octanol–water partition coefficient (Wildman–Crippen LogP) is 5.22. The van der Waals surface area contributed by atoms with Gasteiger partial charge in [0, 0.05) is 8.86 Å². The van der Waals surface area contributed by atoms with Crippen molar-refractivity contribution in [3.05, 3.63) is 59.7 Å². The van der Waals surface area contributed by atoms with Crippen LogP contribution in [0, 0.1) is 0 Å². The molecule has 0 bridgehead atoms. The quantitative estimate of drug-likeness (QED) is 0.459. The van der Waals surface area contributed by atoms with Gasteiger partial charge in [-0.25, -0.2) is 0 Å². The molecule has 16 heavy (non-hydrogen) atoms. The van der Waals surface area contributed by atoms with Gasteiger partial charge in [0.2, 0.25) is 0 Å². The van der Waals surface area contributed by atoms with Gasteiger partial charge in [0.05, 0.1) is 0 Å². The Hall–Kier alpha value is -0.100. The summed E-state index contributed by atoms with van der Waals surface area (Å²) in [5, 5.41) is 0. The predicted molar refractivity (Wildman–Crippen MR) is 87.3 cm³/mol. The second-order valence-electron chi connectivity index (χ2n) is 3.62. The SMILES string of the molecule is ICc1ccc(-c2ccccc2CI)cc1. The number of benzene rings is 2. The maximum absolute atomic E-state index is 2.42. The molecule has 0 aliphatic rings. The first kappa shape index (κ1) is 12.4. The molecule has 2 aromatic carbocycles. The van der Waals surface area contributed by atoms with Crippen LogP contribution in [0.15, 0.2) is 48.5 Å². The fraction of sp³-hybridized carbons (Fsp3) is 0.143. The van der Waals surface area contributed by atoms with Gasteiger partial charge >= 0.3 is 0 Å². The Morgan fingerprint density at radius 1 is 0.750 bits per heavy atom. The minimum absolute atomic E-state index is 1.06. The van der Waals surface area contributed by atoms with Gasteiger partial charge in [0.25, 0.3) is 0 Å². The zero-order valence-corrected chi connectivity index (χ0v) is 13.1. The van der Waals surface area contributed by atoms with Crippen molar-refractivity contribution in [3.8, 4) is 11.1 Å². The molecule has 2 heteroatoms. The van der Waals surface area contributed by atoms with E-state index in [1.165, 1.54) is 22.3 Å². The molecule has 0 amide bonds. The second kappa shape index (κ2) is 6.00. The Balaban J connectivity index is 2.42. The molecule has 0 nitrogen and oxygen atoms in total. The van der Waals surface area contributed by atoms with Crippen molar-refractivity contribution in [2.24, 2.45) is 0 Å². The molecule has 0 spiro atoms. The molecular weight excluding hydrogens is 422 g/mol. The van der Waals surface area contributed by atoms with E-state index in [-0.39, 0.29) is 0 Å². The highest BCUT2D eigenvalue weighted by Gasteiger charge is 2.02. The van der Waals surface area contributed by atoms with Crippen molar-refractivity contribution in [2.45, 2.75) is 8.86 Å². The van der Waals surface area contributed by atoms with Crippen molar-refractivity contribution in [2.75, 3.05) is 0 Å². The van der Waals surface area contributed by atoms with Gasteiger partial charge in [0.1, 0.15) is 0 Å². The van der Waals surface area contributed by atoms with Crippen LogP contribution in [0.4, 0.5) is 0 Å². The first-order chi connectivity index (χ1) is 7.85. The van der Waals surface area contributed by atoms with E-state index in [0.717, 1.165) is 8.86 Å². The zero-order chi connectivity index (χ0) is 11.4. The van der Waals surface area contributed by atoms with Gasteiger partial charge in [-0.05, 0) is 22.3 Å². The van der Waals surface area contributed by atoms with Crippen molar-refractivity contribution in [3.63, 3.8) is 0 Å². The van der Waals surface area contributed by atoms with E-state index in [9.17, 15) is 0 Å². The number of alkyl halides is 2. The molecule has 0 fully saturated rings. The van der Waals surface area contributed by atoms with E-state index in [1.807, 2.05) is 0 Å². The summed E-state index contributed by atoms with van der Waals surface area (Å²) < 4.78 is 2.13. The van der Waals surface area contributed by atoms with Crippen LogP contribution in [0.2, 0.25) is 0 Å². The smallest absolute Gasteiger partial charge is 0.0253 e. The van der Waals surface area contributed by atoms with Gasteiger partial charge in [-0.15, -0.1) is 0 Å². The van der Waals surface area contributed by atoms with Crippen LogP contribution in [-0.4, -0.2) is 0 Å². The molecule has 0 atom stereocenters. The number of halogens is 2. The highest BCUT2D eigenvalue weighted by atomic mass is 127. The van der Waals surface area contributed by atoms with Gasteiger partial charge in [0.15, 0.2) is 0 Å². The molecule has 0 aliphatic heterocycles. The van der Waals surface area contributed by atoms with Crippen molar-refractivity contribution in [1.29, 1.82) is 0 Å². The van der Waals surface area contributed by atoms with Crippen LogP contribution in [0.1, 0.15) is 11.1 Å². The maximum atomic E-state index is 2.42.